The van der Waals surface area contributed by atoms with E-state index in [1.807, 2.05) is 4.90 Å². The molecule has 1 saturated carbocycles. The zero-order chi connectivity index (χ0) is 21.5. The largest absolute Gasteiger partial charge is 0.390 e. The molecule has 30 heavy (non-hydrogen) atoms. The molecular formula is C20H20F6N4. The Balaban J connectivity index is 1.33. The van der Waals surface area contributed by atoms with Gasteiger partial charge in [0.15, 0.2) is 11.6 Å². The van der Waals surface area contributed by atoms with Crippen LogP contribution in [0.25, 0.3) is 11.3 Å². The lowest BCUT2D eigenvalue weighted by atomic mass is 10.0. The molecule has 4 rings (SSSR count). The molecule has 1 aromatic carbocycles. The van der Waals surface area contributed by atoms with Crippen LogP contribution < -0.4 is 5.32 Å². The number of likely N-dealkylation sites (tertiary alicyclic amines) is 1. The van der Waals surface area contributed by atoms with Crippen molar-refractivity contribution in [2.75, 3.05) is 25.0 Å². The molecule has 4 nitrogen and oxygen atoms in total. The van der Waals surface area contributed by atoms with E-state index in [1.165, 1.54) is 6.07 Å². The maximum atomic E-state index is 13.9. The van der Waals surface area contributed by atoms with Crippen LogP contribution in [0.15, 0.2) is 24.3 Å². The smallest absolute Gasteiger partial charge is 0.366 e. The van der Waals surface area contributed by atoms with Gasteiger partial charge in [0.1, 0.15) is 11.6 Å². The van der Waals surface area contributed by atoms with Crippen molar-refractivity contribution in [2.45, 2.75) is 31.5 Å². The SMILES string of the molecule is Fc1cc(F)c(F)c(-c2ccc(NC3C[C@@H]4CN(CCC(F)(F)F)C[C@H]4C3)nn2)c1. The number of hydrogen-bond acceptors (Lipinski definition) is 4. The summed E-state index contributed by atoms with van der Waals surface area (Å²) in [7, 11) is 0. The summed E-state index contributed by atoms with van der Waals surface area (Å²) >= 11 is 0. The van der Waals surface area contributed by atoms with Crippen LogP contribution in [0.5, 0.6) is 0 Å². The molecule has 1 aliphatic carbocycles. The van der Waals surface area contributed by atoms with Gasteiger partial charge in [-0.15, -0.1) is 10.2 Å². The number of fused-ring (bicyclic) bond motifs is 1. The first-order valence-corrected chi connectivity index (χ1v) is 9.72. The maximum Gasteiger partial charge on any atom is 0.390 e. The highest BCUT2D eigenvalue weighted by molar-refractivity contribution is 5.60. The van der Waals surface area contributed by atoms with E-state index in [-0.39, 0.29) is 23.8 Å². The van der Waals surface area contributed by atoms with Gasteiger partial charge in [-0.05, 0) is 42.9 Å². The normalized spacial score (nSPS) is 22.5. The van der Waals surface area contributed by atoms with Gasteiger partial charge in [0.25, 0.3) is 0 Å². The van der Waals surface area contributed by atoms with Gasteiger partial charge in [-0.1, -0.05) is 0 Å². The molecule has 0 bridgehead atoms. The first-order valence-electron chi connectivity index (χ1n) is 9.72. The number of anilines is 1. The fourth-order valence-electron chi connectivity index (χ4n) is 4.49. The Bertz CT molecular complexity index is 887. The highest BCUT2D eigenvalue weighted by Gasteiger charge is 2.41. The van der Waals surface area contributed by atoms with Gasteiger partial charge in [-0.25, -0.2) is 13.2 Å². The molecular weight excluding hydrogens is 410 g/mol. The Morgan fingerprint density at radius 2 is 1.70 bits per heavy atom. The molecule has 10 heteroatoms. The van der Waals surface area contributed by atoms with Crippen molar-refractivity contribution in [3.63, 3.8) is 0 Å². The number of nitrogens with zero attached hydrogens (tertiary/aromatic N) is 3. The molecule has 0 spiro atoms. The lowest BCUT2D eigenvalue weighted by Gasteiger charge is -2.20. The van der Waals surface area contributed by atoms with Crippen molar-refractivity contribution in [1.82, 2.24) is 15.1 Å². The van der Waals surface area contributed by atoms with Crippen LogP contribution in [0.1, 0.15) is 19.3 Å². The van der Waals surface area contributed by atoms with E-state index in [0.717, 1.165) is 18.9 Å². The second-order valence-electron chi connectivity index (χ2n) is 8.01. The number of benzene rings is 1. The Labute approximate surface area is 169 Å². The standard InChI is InChI=1S/C20H20F6N4/c21-13-7-15(19(23)16(22)8-13)17-1-2-18(29-28-17)27-14-5-11-9-30(10-12(11)6-14)4-3-20(24,25)26/h1-2,7-8,11-12,14H,3-6,9-10H2,(H,27,29)/t11-,12-/m1/s1. The molecule has 1 saturated heterocycles. The number of alkyl halides is 3. The van der Waals surface area contributed by atoms with Crippen LogP contribution in [0.4, 0.5) is 32.2 Å². The van der Waals surface area contributed by atoms with E-state index < -0.39 is 30.0 Å². The quantitative estimate of drug-likeness (QED) is 0.555. The minimum atomic E-state index is -4.13. The van der Waals surface area contributed by atoms with E-state index in [9.17, 15) is 26.3 Å². The van der Waals surface area contributed by atoms with Crippen LogP contribution in [0, 0.1) is 29.3 Å². The first-order chi connectivity index (χ1) is 14.2. The van der Waals surface area contributed by atoms with E-state index in [4.69, 9.17) is 0 Å². The van der Waals surface area contributed by atoms with Gasteiger partial charge in [-0.3, -0.25) is 0 Å². The molecule has 1 N–H and O–H groups in total. The lowest BCUT2D eigenvalue weighted by molar-refractivity contribution is -0.137. The van der Waals surface area contributed by atoms with Gasteiger partial charge in [0.2, 0.25) is 0 Å². The summed E-state index contributed by atoms with van der Waals surface area (Å²) in [6.07, 6.45) is -3.28. The van der Waals surface area contributed by atoms with Crippen LogP contribution in [0.2, 0.25) is 0 Å². The summed E-state index contributed by atoms with van der Waals surface area (Å²) in [5.41, 5.74) is -0.291. The molecule has 2 atom stereocenters. The van der Waals surface area contributed by atoms with Gasteiger partial charge in [-0.2, -0.15) is 13.2 Å². The number of aromatic nitrogens is 2. The summed E-state index contributed by atoms with van der Waals surface area (Å²) in [4.78, 5) is 1.88. The third-order valence-corrected chi connectivity index (χ3v) is 5.82. The van der Waals surface area contributed by atoms with Gasteiger partial charge in [0, 0.05) is 37.3 Å². The Kier molecular flexibility index (Phi) is 5.61. The van der Waals surface area contributed by atoms with Crippen molar-refractivity contribution in [2.24, 2.45) is 11.8 Å². The summed E-state index contributed by atoms with van der Waals surface area (Å²) < 4.78 is 77.8. The summed E-state index contributed by atoms with van der Waals surface area (Å²) in [6.45, 7) is 1.36. The van der Waals surface area contributed by atoms with Crippen molar-refractivity contribution < 1.29 is 26.3 Å². The van der Waals surface area contributed by atoms with Crippen LogP contribution in [-0.2, 0) is 0 Å². The second kappa shape index (κ2) is 8.05. The van der Waals surface area contributed by atoms with Crippen molar-refractivity contribution in [3.05, 3.63) is 41.7 Å². The molecule has 1 aromatic heterocycles. The van der Waals surface area contributed by atoms with E-state index >= 15 is 0 Å². The van der Waals surface area contributed by atoms with Crippen LogP contribution in [-0.4, -0.2) is 46.9 Å². The summed E-state index contributed by atoms with van der Waals surface area (Å²) in [5.74, 6) is -2.26. The van der Waals surface area contributed by atoms with Gasteiger partial charge in [0.05, 0.1) is 12.1 Å². The number of nitrogens with one attached hydrogen (secondary N) is 1. The molecule has 2 heterocycles. The van der Waals surface area contributed by atoms with Crippen molar-refractivity contribution in [1.29, 1.82) is 0 Å². The molecule has 2 aromatic rings. The zero-order valence-electron chi connectivity index (χ0n) is 15.9. The number of hydrogen-bond donors (Lipinski definition) is 1. The minimum absolute atomic E-state index is 0.0139. The molecule has 1 aliphatic heterocycles. The molecule has 2 aliphatic rings. The van der Waals surface area contributed by atoms with E-state index in [1.54, 1.807) is 6.07 Å². The fourth-order valence-corrected chi connectivity index (χ4v) is 4.49. The average molecular weight is 430 g/mol. The third kappa shape index (κ3) is 4.69. The zero-order valence-corrected chi connectivity index (χ0v) is 15.9. The maximum absolute atomic E-state index is 13.9. The topological polar surface area (TPSA) is 41.0 Å². The summed E-state index contributed by atoms with van der Waals surface area (Å²) in [5, 5.41) is 11.1. The molecule has 0 unspecified atom stereocenters. The highest BCUT2D eigenvalue weighted by Crippen LogP contribution is 2.39. The number of rotatable bonds is 5. The molecule has 2 fully saturated rings. The molecule has 0 amide bonds. The van der Waals surface area contributed by atoms with Crippen molar-refractivity contribution in [3.8, 4) is 11.3 Å². The van der Waals surface area contributed by atoms with Gasteiger partial charge < -0.3 is 10.2 Å². The molecule has 0 radical (unpaired) electrons. The predicted molar refractivity (Wildman–Crippen MR) is 98.1 cm³/mol. The first kappa shape index (κ1) is 20.9. The van der Waals surface area contributed by atoms with E-state index in [2.05, 4.69) is 15.5 Å². The predicted octanol–water partition coefficient (Wildman–Crippen LogP) is 4.64. The average Bonchev–Trinajstić information content (AvgIpc) is 3.21. The summed E-state index contributed by atoms with van der Waals surface area (Å²) in [6, 6.07) is 4.44. The minimum Gasteiger partial charge on any atom is -0.366 e. The fraction of sp³-hybridized carbons (Fsp3) is 0.500. The Morgan fingerprint density at radius 1 is 1.00 bits per heavy atom. The Hall–Kier alpha value is -2.36. The van der Waals surface area contributed by atoms with Crippen LogP contribution in [0.3, 0.4) is 0 Å². The van der Waals surface area contributed by atoms with Crippen LogP contribution >= 0.6 is 0 Å². The van der Waals surface area contributed by atoms with Gasteiger partial charge >= 0.3 is 6.18 Å². The second-order valence-corrected chi connectivity index (χ2v) is 8.01. The lowest BCUT2D eigenvalue weighted by Crippen LogP contribution is -2.29. The monoisotopic (exact) mass is 430 g/mol. The third-order valence-electron chi connectivity index (χ3n) is 5.82. The highest BCUT2D eigenvalue weighted by atomic mass is 19.4. The molecule has 162 valence electrons. The Morgan fingerprint density at radius 3 is 2.30 bits per heavy atom. The number of halogens is 6. The van der Waals surface area contributed by atoms with Crippen molar-refractivity contribution >= 4 is 5.82 Å². The van der Waals surface area contributed by atoms with E-state index in [0.29, 0.717) is 36.8 Å².